The fourth-order valence-corrected chi connectivity index (χ4v) is 9.25. The van der Waals surface area contributed by atoms with Crippen molar-refractivity contribution in [3.63, 3.8) is 0 Å². The van der Waals surface area contributed by atoms with Crippen molar-refractivity contribution in [2.24, 2.45) is 0 Å². The molecule has 0 spiro atoms. The predicted molar refractivity (Wildman–Crippen MR) is 290 cm³/mol. The Morgan fingerprint density at radius 1 is 0.455 bits per heavy atom. The van der Waals surface area contributed by atoms with Gasteiger partial charge in [-0.2, -0.15) is 26.3 Å². The first kappa shape index (κ1) is 63.2. The van der Waals surface area contributed by atoms with E-state index in [0.717, 1.165) is 76.9 Å². The van der Waals surface area contributed by atoms with Crippen molar-refractivity contribution in [2.75, 3.05) is 6.61 Å². The Balaban J connectivity index is 0.000000336. The first-order valence-corrected chi connectivity index (χ1v) is 27.3. The Morgan fingerprint density at radius 3 is 1.36 bits per heavy atom. The number of carboxylic acid groups (broad SMARTS) is 2. The van der Waals surface area contributed by atoms with E-state index in [2.05, 4.69) is 13.8 Å². The van der Waals surface area contributed by atoms with Gasteiger partial charge in [0.05, 0.1) is 23.3 Å². The van der Waals surface area contributed by atoms with Gasteiger partial charge in [0.2, 0.25) is 0 Å². The fourth-order valence-electron chi connectivity index (χ4n) is 9.25. The highest BCUT2D eigenvalue weighted by Crippen LogP contribution is 2.35. The SMILES string of the molecule is CCCCCCCCCCCCOc1ccc(CN(Cc2ccc(C(F)(F)F)cc2)C(=O)C(=O)O)c2ccccc12.CCCCCCCCCCc1ccc(CN(C(=O)C(=O)O)C(C)(C)c2ccc(C(F)(F)F)cc2)cc1. The van der Waals surface area contributed by atoms with E-state index in [1.807, 2.05) is 60.7 Å². The Labute approximate surface area is 451 Å². The number of aliphatic carboxylic acids is 2. The Hall–Kier alpha value is -6.38. The molecule has 0 aliphatic carbocycles. The van der Waals surface area contributed by atoms with E-state index in [-0.39, 0.29) is 19.6 Å². The number of carbonyl (C=O) groups is 4. The number of ether oxygens (including phenoxy) is 1. The van der Waals surface area contributed by atoms with Crippen LogP contribution in [0.2, 0.25) is 0 Å². The molecule has 9 nitrogen and oxygen atoms in total. The molecule has 0 aliphatic heterocycles. The van der Waals surface area contributed by atoms with Gasteiger partial charge in [0.1, 0.15) is 5.75 Å². The molecule has 0 unspecified atom stereocenters. The minimum atomic E-state index is -4.48. The number of carbonyl (C=O) groups excluding carboxylic acids is 2. The van der Waals surface area contributed by atoms with Crippen LogP contribution < -0.4 is 4.74 Å². The van der Waals surface area contributed by atoms with Gasteiger partial charge in [-0.05, 0) is 96.6 Å². The summed E-state index contributed by atoms with van der Waals surface area (Å²) in [6.07, 6.45) is 14.4. The van der Waals surface area contributed by atoms with Crippen LogP contribution >= 0.6 is 0 Å². The summed E-state index contributed by atoms with van der Waals surface area (Å²) in [6, 6.07) is 27.8. The average molecular weight is 1080 g/mol. The zero-order chi connectivity index (χ0) is 56.4. The van der Waals surface area contributed by atoms with Gasteiger partial charge in [0.15, 0.2) is 0 Å². The summed E-state index contributed by atoms with van der Waals surface area (Å²) >= 11 is 0. The van der Waals surface area contributed by atoms with E-state index in [1.165, 1.54) is 131 Å². The molecular formula is C62H78F6N2O7. The number of nitrogens with zero attached hydrogens (tertiary/aromatic N) is 2. The van der Waals surface area contributed by atoms with Crippen LogP contribution in [0.15, 0.2) is 109 Å². The highest BCUT2D eigenvalue weighted by molar-refractivity contribution is 6.31. The molecule has 0 aromatic heterocycles. The number of benzene rings is 5. The van der Waals surface area contributed by atoms with Gasteiger partial charge in [-0.3, -0.25) is 9.59 Å². The normalized spacial score (nSPS) is 11.7. The van der Waals surface area contributed by atoms with Crippen LogP contribution in [0.5, 0.6) is 5.75 Å². The number of hydrogen-bond acceptors (Lipinski definition) is 5. The maximum absolute atomic E-state index is 13.0. The van der Waals surface area contributed by atoms with Crippen LogP contribution in [0.25, 0.3) is 10.8 Å². The van der Waals surface area contributed by atoms with Gasteiger partial charge in [0.25, 0.3) is 0 Å². The maximum Gasteiger partial charge on any atom is 0.416 e. The van der Waals surface area contributed by atoms with Gasteiger partial charge >= 0.3 is 36.1 Å². The Morgan fingerprint density at radius 2 is 0.870 bits per heavy atom. The zero-order valence-corrected chi connectivity index (χ0v) is 45.3. The number of amides is 2. The molecule has 420 valence electrons. The standard InChI is InChI=1S/C33H40F3NO4.C29H38F3NO3/c1-2-3-4-5-6-7-8-9-10-13-22-41-30-21-18-26(28-14-11-12-15-29(28)30)24-37(31(38)32(39)40)23-25-16-19-27(20-17-25)33(34,35)36;1-4-5-6-7-8-9-10-11-12-22-13-15-23(16-14-22)21-33(26(34)27(35)36)28(2,3)24-17-19-25(20-18-24)29(30,31)32/h11-12,14-21H,2-10,13,22-24H2,1H3,(H,39,40);13-20H,4-12,21H2,1-3H3,(H,35,36). The monoisotopic (exact) mass is 1080 g/mol. The largest absolute Gasteiger partial charge is 0.493 e. The molecule has 5 aromatic rings. The van der Waals surface area contributed by atoms with Crippen molar-refractivity contribution in [1.82, 2.24) is 9.80 Å². The second kappa shape index (κ2) is 31.7. The number of aryl methyl sites for hydroxylation is 1. The minimum Gasteiger partial charge on any atom is -0.493 e. The molecule has 15 heteroatoms. The van der Waals surface area contributed by atoms with Crippen LogP contribution in [0.4, 0.5) is 26.3 Å². The molecule has 2 N–H and O–H groups in total. The molecule has 0 radical (unpaired) electrons. The van der Waals surface area contributed by atoms with Crippen molar-refractivity contribution in [1.29, 1.82) is 0 Å². The first-order valence-electron chi connectivity index (χ1n) is 27.3. The lowest BCUT2D eigenvalue weighted by Crippen LogP contribution is -2.48. The van der Waals surface area contributed by atoms with Crippen LogP contribution in [0.3, 0.4) is 0 Å². The molecule has 5 aromatic carbocycles. The Kier molecular flexibility index (Phi) is 26.0. The molecule has 77 heavy (non-hydrogen) atoms. The number of hydrogen-bond donors (Lipinski definition) is 2. The molecule has 0 bridgehead atoms. The summed E-state index contributed by atoms with van der Waals surface area (Å²) < 4.78 is 83.8. The number of rotatable bonds is 29. The van der Waals surface area contributed by atoms with Crippen molar-refractivity contribution >= 4 is 34.5 Å². The summed E-state index contributed by atoms with van der Waals surface area (Å²) in [5.41, 5.74) is 0.710. The van der Waals surface area contributed by atoms with Crippen LogP contribution in [0, 0.1) is 0 Å². The van der Waals surface area contributed by atoms with Crippen molar-refractivity contribution in [3.8, 4) is 5.75 Å². The third-order valence-corrected chi connectivity index (χ3v) is 13.9. The lowest BCUT2D eigenvalue weighted by molar-refractivity contribution is -0.159. The summed E-state index contributed by atoms with van der Waals surface area (Å²) in [6.45, 7) is 8.16. The molecule has 0 atom stereocenters. The van der Waals surface area contributed by atoms with Gasteiger partial charge < -0.3 is 24.7 Å². The molecule has 2 amide bonds. The predicted octanol–water partition coefficient (Wildman–Crippen LogP) is 16.5. The first-order chi connectivity index (χ1) is 36.7. The highest BCUT2D eigenvalue weighted by Gasteiger charge is 2.37. The molecule has 0 aliphatic rings. The fraction of sp³-hybridized carbons (Fsp3) is 0.484. The lowest BCUT2D eigenvalue weighted by Gasteiger charge is -2.38. The molecule has 0 saturated carbocycles. The van der Waals surface area contributed by atoms with Crippen LogP contribution in [0.1, 0.15) is 182 Å². The van der Waals surface area contributed by atoms with Gasteiger partial charge in [0, 0.05) is 25.0 Å². The second-order valence-electron chi connectivity index (χ2n) is 20.3. The topological polar surface area (TPSA) is 124 Å². The van der Waals surface area contributed by atoms with E-state index in [9.17, 15) is 55.7 Å². The summed E-state index contributed by atoms with van der Waals surface area (Å²) in [7, 11) is 0. The summed E-state index contributed by atoms with van der Waals surface area (Å²) in [5, 5.41) is 20.5. The quantitative estimate of drug-likeness (QED) is 0.0278. The van der Waals surface area contributed by atoms with E-state index in [0.29, 0.717) is 23.3 Å². The average Bonchev–Trinajstić information content (AvgIpc) is 3.40. The smallest absolute Gasteiger partial charge is 0.416 e. The van der Waals surface area contributed by atoms with Crippen molar-refractivity contribution in [3.05, 3.63) is 148 Å². The third kappa shape index (κ3) is 21.2. The molecule has 0 saturated heterocycles. The molecule has 5 rings (SSSR count). The van der Waals surface area contributed by atoms with Gasteiger partial charge in [-0.15, -0.1) is 0 Å². The number of fused-ring (bicyclic) bond motifs is 1. The molecule has 0 fully saturated rings. The van der Waals surface area contributed by atoms with Gasteiger partial charge in [-0.25, -0.2) is 9.59 Å². The number of carboxylic acids is 2. The number of halogens is 6. The third-order valence-electron chi connectivity index (χ3n) is 13.9. The van der Waals surface area contributed by atoms with Crippen molar-refractivity contribution < 1.29 is 60.5 Å². The van der Waals surface area contributed by atoms with E-state index >= 15 is 0 Å². The highest BCUT2D eigenvalue weighted by atomic mass is 19.4. The van der Waals surface area contributed by atoms with Gasteiger partial charge in [-0.1, -0.05) is 195 Å². The van der Waals surface area contributed by atoms with Crippen LogP contribution in [-0.2, 0) is 63.1 Å². The minimum absolute atomic E-state index is 0.0224. The van der Waals surface area contributed by atoms with Crippen molar-refractivity contribution in [2.45, 2.75) is 187 Å². The summed E-state index contributed by atoms with van der Waals surface area (Å²) in [4.78, 5) is 50.5. The number of unbranched alkanes of at least 4 members (excludes halogenated alkanes) is 16. The molecular weight excluding hydrogens is 999 g/mol. The Bertz CT molecular complexity index is 2580. The maximum atomic E-state index is 13.0. The summed E-state index contributed by atoms with van der Waals surface area (Å²) in [5.74, 6) is -4.75. The zero-order valence-electron chi connectivity index (χ0n) is 45.3. The van der Waals surface area contributed by atoms with E-state index in [1.54, 1.807) is 13.8 Å². The second-order valence-corrected chi connectivity index (χ2v) is 20.3. The van der Waals surface area contributed by atoms with E-state index in [4.69, 9.17) is 4.74 Å². The van der Waals surface area contributed by atoms with E-state index < -0.39 is 52.8 Å². The number of alkyl halides is 6. The molecule has 0 heterocycles. The van der Waals surface area contributed by atoms with Crippen LogP contribution in [-0.4, -0.2) is 50.4 Å². The lowest BCUT2D eigenvalue weighted by atomic mass is 9.90.